The monoisotopic (exact) mass is 432 g/mol. The van der Waals surface area contributed by atoms with Crippen LogP contribution in [0, 0.1) is 35.0 Å². The predicted molar refractivity (Wildman–Crippen MR) is 116 cm³/mol. The molecule has 0 spiro atoms. The van der Waals surface area contributed by atoms with E-state index in [0.29, 0.717) is 11.8 Å². The van der Waals surface area contributed by atoms with Crippen molar-refractivity contribution in [1.82, 2.24) is 0 Å². The van der Waals surface area contributed by atoms with Crippen LogP contribution in [0.5, 0.6) is 0 Å². The van der Waals surface area contributed by atoms with E-state index in [9.17, 15) is 14.4 Å². The number of hydrogen-bond donors (Lipinski definition) is 0. The lowest BCUT2D eigenvalue weighted by Crippen LogP contribution is -2.51. The highest BCUT2D eigenvalue weighted by molar-refractivity contribution is 5.77. The predicted octanol–water partition coefficient (Wildman–Crippen LogP) is 4.23. The SMILES string of the molecule is CCC(C)C1C2C=C3C(OC(=O)CCC(=O)OC)C(C)CC(C)C3C1(C)C(=CC=O)O2. The van der Waals surface area contributed by atoms with Crippen LogP contribution in [-0.4, -0.2) is 37.5 Å². The molecule has 2 fully saturated rings. The summed E-state index contributed by atoms with van der Waals surface area (Å²) in [6, 6.07) is 0. The summed E-state index contributed by atoms with van der Waals surface area (Å²) in [5, 5.41) is 0. The second-order valence-corrected chi connectivity index (χ2v) is 9.76. The molecule has 3 aliphatic rings. The average molecular weight is 433 g/mol. The number of methoxy groups -OCH3 is 1. The first-order valence-corrected chi connectivity index (χ1v) is 11.5. The van der Waals surface area contributed by atoms with Crippen LogP contribution >= 0.6 is 0 Å². The van der Waals surface area contributed by atoms with Gasteiger partial charge in [0.2, 0.25) is 0 Å². The molecule has 2 aliphatic carbocycles. The Hall–Kier alpha value is -2.11. The zero-order chi connectivity index (χ0) is 22.9. The van der Waals surface area contributed by atoms with Gasteiger partial charge in [-0.05, 0) is 41.7 Å². The van der Waals surface area contributed by atoms with Crippen molar-refractivity contribution in [3.8, 4) is 0 Å². The van der Waals surface area contributed by atoms with Gasteiger partial charge in [-0.3, -0.25) is 14.4 Å². The maximum absolute atomic E-state index is 12.5. The van der Waals surface area contributed by atoms with E-state index in [1.54, 1.807) is 6.08 Å². The molecule has 0 radical (unpaired) electrons. The highest BCUT2D eigenvalue weighted by atomic mass is 16.5. The molecule has 3 rings (SSSR count). The molecular weight excluding hydrogens is 396 g/mol. The quantitative estimate of drug-likeness (QED) is 0.259. The zero-order valence-corrected chi connectivity index (χ0v) is 19.6. The Bertz CT molecular complexity index is 783. The first kappa shape index (κ1) is 23.6. The molecule has 0 amide bonds. The largest absolute Gasteiger partial charge is 0.490 e. The van der Waals surface area contributed by atoms with Crippen LogP contribution in [0.2, 0.25) is 0 Å². The van der Waals surface area contributed by atoms with Crippen LogP contribution in [-0.2, 0) is 28.6 Å². The first-order valence-electron chi connectivity index (χ1n) is 11.5. The van der Waals surface area contributed by atoms with Gasteiger partial charge in [-0.15, -0.1) is 0 Å². The van der Waals surface area contributed by atoms with Gasteiger partial charge < -0.3 is 14.2 Å². The lowest BCUT2D eigenvalue weighted by molar-refractivity contribution is -0.155. The summed E-state index contributed by atoms with van der Waals surface area (Å²) in [6.07, 6.45) is 6.05. The lowest BCUT2D eigenvalue weighted by atomic mass is 9.51. The van der Waals surface area contributed by atoms with E-state index in [2.05, 4.69) is 45.4 Å². The number of rotatable bonds is 7. The summed E-state index contributed by atoms with van der Waals surface area (Å²) in [4.78, 5) is 35.4. The van der Waals surface area contributed by atoms with E-state index in [0.717, 1.165) is 30.5 Å². The van der Waals surface area contributed by atoms with Crippen LogP contribution < -0.4 is 0 Å². The molecular formula is C25H36O6. The number of ether oxygens (including phenoxy) is 3. The van der Waals surface area contributed by atoms with Crippen molar-refractivity contribution in [2.24, 2.45) is 35.0 Å². The van der Waals surface area contributed by atoms with Crippen molar-refractivity contribution in [2.45, 2.75) is 72.5 Å². The minimum atomic E-state index is -0.420. The van der Waals surface area contributed by atoms with Crippen LogP contribution in [0.25, 0.3) is 0 Å². The molecule has 1 saturated heterocycles. The number of allylic oxidation sites excluding steroid dienone is 2. The van der Waals surface area contributed by atoms with E-state index in [-0.39, 0.29) is 54.2 Å². The lowest BCUT2D eigenvalue weighted by Gasteiger charge is -2.52. The first-order chi connectivity index (χ1) is 14.7. The third-order valence-electron chi connectivity index (χ3n) is 7.86. The number of hydrogen-bond acceptors (Lipinski definition) is 6. The molecule has 31 heavy (non-hydrogen) atoms. The average Bonchev–Trinajstić information content (AvgIpc) is 2.92. The van der Waals surface area contributed by atoms with Gasteiger partial charge >= 0.3 is 11.9 Å². The third-order valence-corrected chi connectivity index (χ3v) is 7.86. The molecule has 6 nitrogen and oxygen atoms in total. The Morgan fingerprint density at radius 1 is 1.26 bits per heavy atom. The van der Waals surface area contributed by atoms with Gasteiger partial charge in [0.25, 0.3) is 0 Å². The Labute approximate surface area is 185 Å². The van der Waals surface area contributed by atoms with E-state index in [1.165, 1.54) is 7.11 Å². The van der Waals surface area contributed by atoms with Gasteiger partial charge in [0.15, 0.2) is 0 Å². The highest BCUT2D eigenvalue weighted by Crippen LogP contribution is 2.64. The summed E-state index contributed by atoms with van der Waals surface area (Å²) < 4.78 is 16.9. The fourth-order valence-corrected chi connectivity index (χ4v) is 6.50. The fourth-order valence-electron chi connectivity index (χ4n) is 6.50. The summed E-state index contributed by atoms with van der Waals surface area (Å²) >= 11 is 0. The molecule has 8 unspecified atom stereocenters. The van der Waals surface area contributed by atoms with Crippen molar-refractivity contribution in [3.05, 3.63) is 23.5 Å². The summed E-state index contributed by atoms with van der Waals surface area (Å²) in [6.45, 7) is 11.0. The van der Waals surface area contributed by atoms with Crippen molar-refractivity contribution in [3.63, 3.8) is 0 Å². The second-order valence-electron chi connectivity index (χ2n) is 9.76. The molecule has 6 heteroatoms. The summed E-state index contributed by atoms with van der Waals surface area (Å²) in [5.41, 5.74) is 0.792. The minimum absolute atomic E-state index is 0.00633. The number of esters is 2. The molecule has 172 valence electrons. The third kappa shape index (κ3) is 4.06. The van der Waals surface area contributed by atoms with E-state index in [1.807, 2.05) is 0 Å². The molecule has 2 bridgehead atoms. The second kappa shape index (κ2) is 9.17. The van der Waals surface area contributed by atoms with Gasteiger partial charge in [0, 0.05) is 17.4 Å². The van der Waals surface area contributed by atoms with E-state index in [4.69, 9.17) is 9.47 Å². The molecule has 0 aromatic rings. The summed E-state index contributed by atoms with van der Waals surface area (Å²) in [7, 11) is 1.31. The maximum atomic E-state index is 12.5. The van der Waals surface area contributed by atoms with Gasteiger partial charge in [-0.1, -0.05) is 41.0 Å². The van der Waals surface area contributed by atoms with Gasteiger partial charge in [0.1, 0.15) is 24.3 Å². The Balaban J connectivity index is 1.96. The standard InChI is InChI=1S/C25H36O6/c1-7-14(2)23-18-13-17-22(25(23,5)19(30-18)10-11-26)15(3)12-16(4)24(17)31-21(28)9-8-20(27)29-6/h10-11,13-16,18,22-24H,7-9,12H2,1-6H3. The van der Waals surface area contributed by atoms with Crippen LogP contribution in [0.4, 0.5) is 0 Å². The Morgan fingerprint density at radius 2 is 1.94 bits per heavy atom. The number of carbonyl (C=O) groups is 3. The number of carbonyl (C=O) groups excluding carboxylic acids is 3. The Morgan fingerprint density at radius 3 is 2.55 bits per heavy atom. The van der Waals surface area contributed by atoms with Crippen LogP contribution in [0.3, 0.4) is 0 Å². The molecule has 1 aliphatic heterocycles. The van der Waals surface area contributed by atoms with Gasteiger partial charge in [-0.2, -0.15) is 0 Å². The topological polar surface area (TPSA) is 78.9 Å². The van der Waals surface area contributed by atoms with Crippen LogP contribution in [0.15, 0.2) is 23.5 Å². The number of aldehydes is 1. The van der Waals surface area contributed by atoms with Crippen molar-refractivity contribution in [2.75, 3.05) is 7.11 Å². The Kier molecular flexibility index (Phi) is 6.97. The highest BCUT2D eigenvalue weighted by Gasteiger charge is 2.63. The van der Waals surface area contributed by atoms with Gasteiger partial charge in [-0.25, -0.2) is 0 Å². The fraction of sp³-hybridized carbons (Fsp3) is 0.720. The molecule has 8 atom stereocenters. The van der Waals surface area contributed by atoms with Crippen molar-refractivity contribution < 1.29 is 28.6 Å². The molecule has 0 N–H and O–H groups in total. The zero-order valence-electron chi connectivity index (χ0n) is 19.6. The minimum Gasteiger partial charge on any atom is -0.490 e. The van der Waals surface area contributed by atoms with E-state index >= 15 is 0 Å². The van der Waals surface area contributed by atoms with E-state index < -0.39 is 5.97 Å². The normalized spacial score (nSPS) is 38.5. The van der Waals surface area contributed by atoms with Crippen LogP contribution in [0.1, 0.15) is 60.3 Å². The smallest absolute Gasteiger partial charge is 0.306 e. The van der Waals surface area contributed by atoms with Crippen molar-refractivity contribution >= 4 is 18.2 Å². The van der Waals surface area contributed by atoms with Gasteiger partial charge in [0.05, 0.1) is 20.0 Å². The molecule has 0 aromatic carbocycles. The molecule has 1 heterocycles. The molecule has 0 aromatic heterocycles. The maximum Gasteiger partial charge on any atom is 0.306 e. The summed E-state index contributed by atoms with van der Waals surface area (Å²) in [5.74, 6) is 1.31. The van der Waals surface area contributed by atoms with Crippen molar-refractivity contribution in [1.29, 1.82) is 0 Å². The molecule has 1 saturated carbocycles. The number of fused-ring (bicyclic) bond motifs is 4.